The normalized spacial score (nSPS) is 15.3. The van der Waals surface area contributed by atoms with Gasteiger partial charge in [0.25, 0.3) is 0 Å². The molecule has 1 saturated heterocycles. The molecular formula is C19H20N4O. The maximum Gasteiger partial charge on any atom is 0.197 e. The highest BCUT2D eigenvalue weighted by Crippen LogP contribution is 2.27. The number of rotatable bonds is 4. The van der Waals surface area contributed by atoms with Gasteiger partial charge in [-0.25, -0.2) is 9.97 Å². The maximum absolute atomic E-state index is 5.69. The van der Waals surface area contributed by atoms with Crippen LogP contribution in [0.4, 0.5) is 5.82 Å². The second-order valence-corrected chi connectivity index (χ2v) is 6.00. The quantitative estimate of drug-likeness (QED) is 0.769. The molecule has 0 unspecified atom stereocenters. The number of aromatic nitrogens is 2. The Balaban J connectivity index is 1.54. The molecule has 0 atom stereocenters. The number of nitrogens with zero attached hydrogens (tertiary/aromatic N) is 2. The molecule has 5 nitrogen and oxygen atoms in total. The molecule has 0 aliphatic carbocycles. The molecule has 0 radical (unpaired) electrons. The van der Waals surface area contributed by atoms with Gasteiger partial charge in [-0.15, -0.1) is 0 Å². The van der Waals surface area contributed by atoms with Crippen LogP contribution in [0.15, 0.2) is 59.3 Å². The van der Waals surface area contributed by atoms with Crippen LogP contribution in [-0.4, -0.2) is 29.1 Å². The van der Waals surface area contributed by atoms with Crippen LogP contribution in [-0.2, 0) is 0 Å². The summed E-state index contributed by atoms with van der Waals surface area (Å²) in [6.45, 7) is 2.10. The lowest BCUT2D eigenvalue weighted by Gasteiger charge is -2.24. The minimum absolute atomic E-state index is 0.463. The highest BCUT2D eigenvalue weighted by Gasteiger charge is 2.14. The first-order chi connectivity index (χ1) is 11.9. The minimum Gasteiger partial charge on any atom is -0.460 e. The van der Waals surface area contributed by atoms with Crippen LogP contribution in [0, 0.1) is 0 Å². The third-order valence-corrected chi connectivity index (χ3v) is 4.27. The van der Waals surface area contributed by atoms with Crippen LogP contribution >= 0.6 is 0 Å². The Morgan fingerprint density at radius 3 is 2.71 bits per heavy atom. The van der Waals surface area contributed by atoms with Gasteiger partial charge in [0.2, 0.25) is 0 Å². The van der Waals surface area contributed by atoms with Crippen molar-refractivity contribution < 1.29 is 4.42 Å². The Kier molecular flexibility index (Phi) is 4.25. The molecule has 0 saturated carbocycles. The predicted octanol–water partition coefficient (Wildman–Crippen LogP) is 3.57. The molecule has 5 heteroatoms. The van der Waals surface area contributed by atoms with Gasteiger partial charge in [0.1, 0.15) is 5.82 Å². The Labute approximate surface area is 141 Å². The molecule has 1 aliphatic rings. The third-order valence-electron chi connectivity index (χ3n) is 4.27. The molecule has 122 valence electrons. The summed E-state index contributed by atoms with van der Waals surface area (Å²) >= 11 is 0. The summed E-state index contributed by atoms with van der Waals surface area (Å²) in [6.07, 6.45) is 5.74. The number of anilines is 1. The monoisotopic (exact) mass is 320 g/mol. The van der Waals surface area contributed by atoms with Gasteiger partial charge in [0.05, 0.1) is 6.26 Å². The average Bonchev–Trinajstić information content (AvgIpc) is 3.14. The van der Waals surface area contributed by atoms with Gasteiger partial charge >= 0.3 is 0 Å². The molecule has 0 amide bonds. The number of furan rings is 1. The Morgan fingerprint density at radius 2 is 1.88 bits per heavy atom. The molecule has 3 heterocycles. The Morgan fingerprint density at radius 1 is 1.04 bits per heavy atom. The fourth-order valence-electron chi connectivity index (χ4n) is 2.97. The predicted molar refractivity (Wildman–Crippen MR) is 94.7 cm³/mol. The lowest BCUT2D eigenvalue weighted by Crippen LogP contribution is -2.35. The molecule has 1 aromatic carbocycles. The van der Waals surface area contributed by atoms with Crippen molar-refractivity contribution in [1.82, 2.24) is 15.3 Å². The van der Waals surface area contributed by atoms with E-state index in [0.29, 0.717) is 17.6 Å². The van der Waals surface area contributed by atoms with Gasteiger partial charge in [-0.3, -0.25) is 0 Å². The van der Waals surface area contributed by atoms with E-state index < -0.39 is 0 Å². The number of hydrogen-bond donors (Lipinski definition) is 2. The summed E-state index contributed by atoms with van der Waals surface area (Å²) in [5.41, 5.74) is 2.16. The molecule has 2 N–H and O–H groups in total. The molecule has 0 spiro atoms. The van der Waals surface area contributed by atoms with Crippen molar-refractivity contribution in [2.45, 2.75) is 18.9 Å². The number of benzene rings is 1. The van der Waals surface area contributed by atoms with Crippen molar-refractivity contribution >= 4 is 5.82 Å². The van der Waals surface area contributed by atoms with Crippen molar-refractivity contribution in [3.05, 3.63) is 54.9 Å². The van der Waals surface area contributed by atoms with E-state index in [1.807, 2.05) is 30.3 Å². The van der Waals surface area contributed by atoms with Gasteiger partial charge in [-0.05, 0) is 43.6 Å². The fourth-order valence-corrected chi connectivity index (χ4v) is 2.97. The van der Waals surface area contributed by atoms with Crippen molar-refractivity contribution in [3.8, 4) is 22.7 Å². The molecule has 2 aromatic heterocycles. The minimum atomic E-state index is 0.463. The van der Waals surface area contributed by atoms with Gasteiger partial charge in [-0.2, -0.15) is 0 Å². The number of nitrogens with one attached hydrogen (secondary N) is 2. The third kappa shape index (κ3) is 3.31. The van der Waals surface area contributed by atoms with Crippen molar-refractivity contribution in [2.24, 2.45) is 0 Å². The smallest absolute Gasteiger partial charge is 0.197 e. The highest BCUT2D eigenvalue weighted by molar-refractivity contribution is 5.67. The van der Waals surface area contributed by atoms with Crippen LogP contribution in [0.25, 0.3) is 22.7 Å². The van der Waals surface area contributed by atoms with Gasteiger partial charge in [0.15, 0.2) is 11.6 Å². The first kappa shape index (κ1) is 14.9. The molecular weight excluding hydrogens is 300 g/mol. The summed E-state index contributed by atoms with van der Waals surface area (Å²) in [5, 5.41) is 6.86. The largest absolute Gasteiger partial charge is 0.460 e. The van der Waals surface area contributed by atoms with Crippen molar-refractivity contribution in [2.75, 3.05) is 18.4 Å². The summed E-state index contributed by atoms with van der Waals surface area (Å²) in [7, 11) is 0. The molecule has 1 aliphatic heterocycles. The van der Waals surface area contributed by atoms with E-state index in [-0.39, 0.29) is 0 Å². The lowest BCUT2D eigenvalue weighted by molar-refractivity contribution is 0.478. The summed E-state index contributed by atoms with van der Waals surface area (Å²) in [5.74, 6) is 2.14. The molecule has 0 bridgehead atoms. The van der Waals surface area contributed by atoms with E-state index in [2.05, 4.69) is 32.7 Å². The molecule has 3 aromatic rings. The fraction of sp³-hybridized carbons (Fsp3) is 0.263. The van der Waals surface area contributed by atoms with Crippen LogP contribution < -0.4 is 10.6 Å². The van der Waals surface area contributed by atoms with Crippen molar-refractivity contribution in [3.63, 3.8) is 0 Å². The van der Waals surface area contributed by atoms with Gasteiger partial charge in [-0.1, -0.05) is 30.3 Å². The highest BCUT2D eigenvalue weighted by atomic mass is 16.3. The Bertz CT molecular complexity index is 794. The zero-order chi connectivity index (χ0) is 16.2. The summed E-state index contributed by atoms with van der Waals surface area (Å²) < 4.78 is 5.69. The molecule has 1 fully saturated rings. The van der Waals surface area contributed by atoms with E-state index in [1.54, 1.807) is 12.5 Å². The summed E-state index contributed by atoms with van der Waals surface area (Å²) in [6, 6.07) is 14.5. The standard InChI is InChI=1S/C19H20N4O/c1-2-4-14(5-3-1)15-12-17(24-13-15)19-21-11-8-18(23-19)22-16-6-9-20-10-7-16/h1-5,8,11-13,16,20H,6-7,9-10H2,(H,21,22,23). The van der Waals surface area contributed by atoms with Crippen LogP contribution in [0.2, 0.25) is 0 Å². The molecule has 24 heavy (non-hydrogen) atoms. The van der Waals surface area contributed by atoms with E-state index in [0.717, 1.165) is 42.9 Å². The van der Waals surface area contributed by atoms with Gasteiger partial charge < -0.3 is 15.1 Å². The van der Waals surface area contributed by atoms with E-state index >= 15 is 0 Å². The topological polar surface area (TPSA) is 63.0 Å². The zero-order valence-electron chi connectivity index (χ0n) is 13.4. The van der Waals surface area contributed by atoms with Crippen LogP contribution in [0.1, 0.15) is 12.8 Å². The summed E-state index contributed by atoms with van der Waals surface area (Å²) in [4.78, 5) is 8.96. The number of hydrogen-bond acceptors (Lipinski definition) is 5. The molecule has 4 rings (SSSR count). The maximum atomic E-state index is 5.69. The zero-order valence-corrected chi connectivity index (χ0v) is 13.4. The number of piperidine rings is 1. The van der Waals surface area contributed by atoms with E-state index in [4.69, 9.17) is 4.42 Å². The van der Waals surface area contributed by atoms with Gasteiger partial charge in [0, 0.05) is 17.8 Å². The first-order valence-corrected chi connectivity index (χ1v) is 8.33. The first-order valence-electron chi connectivity index (χ1n) is 8.33. The second-order valence-electron chi connectivity index (χ2n) is 6.00. The Hall–Kier alpha value is -2.66. The lowest BCUT2D eigenvalue weighted by atomic mass is 10.1. The average molecular weight is 320 g/mol. The SMILES string of the molecule is c1ccc(-c2coc(-c3nccc(NC4CCNCC4)n3)c2)cc1. The van der Waals surface area contributed by atoms with E-state index in [1.165, 1.54) is 0 Å². The second kappa shape index (κ2) is 6.84. The van der Waals surface area contributed by atoms with Crippen LogP contribution in [0.5, 0.6) is 0 Å². The van der Waals surface area contributed by atoms with Crippen molar-refractivity contribution in [1.29, 1.82) is 0 Å². The van der Waals surface area contributed by atoms with Crippen LogP contribution in [0.3, 0.4) is 0 Å². The van der Waals surface area contributed by atoms with E-state index in [9.17, 15) is 0 Å².